The fraction of sp³-hybridized carbons (Fsp3) is 0.333. The fourth-order valence-corrected chi connectivity index (χ4v) is 4.87. The van der Waals surface area contributed by atoms with E-state index in [1.807, 2.05) is 37.3 Å². The van der Waals surface area contributed by atoms with E-state index in [0.29, 0.717) is 23.0 Å². The van der Waals surface area contributed by atoms with Gasteiger partial charge < -0.3 is 0 Å². The average Bonchev–Trinajstić information content (AvgIpc) is 2.48. The van der Waals surface area contributed by atoms with E-state index in [-0.39, 0.29) is 5.41 Å². The molecule has 0 radical (unpaired) electrons. The Hall–Kier alpha value is -1.36. The summed E-state index contributed by atoms with van der Waals surface area (Å²) in [5.41, 5.74) is 2.90. The lowest BCUT2D eigenvalue weighted by Gasteiger charge is -2.39. The number of hydrogen-bond acceptors (Lipinski definition) is 2. The highest BCUT2D eigenvalue weighted by molar-refractivity contribution is 7.89. The molecular weight excluding hydrogens is 330 g/mol. The van der Waals surface area contributed by atoms with Crippen LogP contribution in [0.15, 0.2) is 47.4 Å². The predicted octanol–water partition coefficient (Wildman–Crippen LogP) is 4.13. The molecule has 0 amide bonds. The SMILES string of the molecule is Cc1ccc(S(=O)(=O)N2Cc3ccc(Cl)cc3C(C)(C)C2)cc1. The lowest BCUT2D eigenvalue weighted by molar-refractivity contribution is 0.300. The second kappa shape index (κ2) is 5.62. The zero-order valence-corrected chi connectivity index (χ0v) is 15.1. The molecule has 0 bridgehead atoms. The van der Waals surface area contributed by atoms with Gasteiger partial charge in [0.05, 0.1) is 4.90 Å². The standard InChI is InChI=1S/C18H20ClNO2S/c1-13-4-8-16(9-5-13)23(21,22)20-11-14-6-7-15(19)10-17(14)18(2,3)12-20/h4-10H,11-12H2,1-3H3. The Balaban J connectivity index is 2.02. The van der Waals surface area contributed by atoms with Gasteiger partial charge in [0, 0.05) is 23.5 Å². The zero-order chi connectivity index (χ0) is 16.8. The summed E-state index contributed by atoms with van der Waals surface area (Å²) in [4.78, 5) is 0.344. The fourth-order valence-electron chi connectivity index (χ4n) is 3.12. The highest BCUT2D eigenvalue weighted by Crippen LogP contribution is 2.37. The summed E-state index contributed by atoms with van der Waals surface area (Å²) in [7, 11) is -3.50. The number of sulfonamides is 1. The van der Waals surface area contributed by atoms with E-state index >= 15 is 0 Å². The number of hydrogen-bond donors (Lipinski definition) is 0. The van der Waals surface area contributed by atoms with E-state index in [1.54, 1.807) is 16.4 Å². The lowest BCUT2D eigenvalue weighted by atomic mass is 9.79. The third-order valence-electron chi connectivity index (χ3n) is 4.38. The van der Waals surface area contributed by atoms with Crippen LogP contribution in [0.5, 0.6) is 0 Å². The van der Waals surface area contributed by atoms with Crippen LogP contribution in [-0.2, 0) is 22.0 Å². The molecule has 122 valence electrons. The summed E-state index contributed by atoms with van der Waals surface area (Å²) in [6, 6.07) is 12.7. The summed E-state index contributed by atoms with van der Waals surface area (Å²) in [5, 5.41) is 0.687. The largest absolute Gasteiger partial charge is 0.243 e. The monoisotopic (exact) mass is 349 g/mol. The Bertz CT molecular complexity index is 842. The summed E-state index contributed by atoms with van der Waals surface area (Å²) in [6.07, 6.45) is 0. The molecule has 0 aliphatic carbocycles. The number of benzene rings is 2. The molecule has 0 aromatic heterocycles. The number of fused-ring (bicyclic) bond motifs is 1. The maximum absolute atomic E-state index is 13.0. The number of rotatable bonds is 2. The first kappa shape index (κ1) is 16.5. The molecule has 23 heavy (non-hydrogen) atoms. The lowest BCUT2D eigenvalue weighted by Crippen LogP contribution is -2.44. The molecule has 2 aromatic rings. The topological polar surface area (TPSA) is 37.4 Å². The molecule has 1 aliphatic heterocycles. The minimum atomic E-state index is -3.50. The van der Waals surface area contributed by atoms with Gasteiger partial charge in [0.25, 0.3) is 0 Å². The molecule has 0 saturated heterocycles. The van der Waals surface area contributed by atoms with Crippen LogP contribution in [0.2, 0.25) is 5.02 Å². The first-order valence-electron chi connectivity index (χ1n) is 7.56. The van der Waals surface area contributed by atoms with E-state index < -0.39 is 10.0 Å². The quantitative estimate of drug-likeness (QED) is 0.817. The molecule has 0 spiro atoms. The van der Waals surface area contributed by atoms with Gasteiger partial charge in [-0.2, -0.15) is 4.31 Å². The highest BCUT2D eigenvalue weighted by Gasteiger charge is 2.37. The van der Waals surface area contributed by atoms with Crippen LogP contribution < -0.4 is 0 Å². The van der Waals surface area contributed by atoms with Crippen LogP contribution >= 0.6 is 11.6 Å². The summed E-state index contributed by atoms with van der Waals surface area (Å²) in [5.74, 6) is 0. The number of nitrogens with zero attached hydrogens (tertiary/aromatic N) is 1. The molecule has 0 N–H and O–H groups in total. The van der Waals surface area contributed by atoms with Crippen molar-refractivity contribution in [2.24, 2.45) is 0 Å². The Morgan fingerprint density at radius 2 is 1.74 bits per heavy atom. The Morgan fingerprint density at radius 3 is 2.39 bits per heavy atom. The Kier molecular flexibility index (Phi) is 4.03. The molecule has 0 saturated carbocycles. The maximum atomic E-state index is 13.0. The van der Waals surface area contributed by atoms with E-state index in [9.17, 15) is 8.42 Å². The second-order valence-electron chi connectivity index (χ2n) is 6.77. The smallest absolute Gasteiger partial charge is 0.207 e. The van der Waals surface area contributed by atoms with Crippen LogP contribution in [-0.4, -0.2) is 19.3 Å². The van der Waals surface area contributed by atoms with Gasteiger partial charge in [0.15, 0.2) is 0 Å². The van der Waals surface area contributed by atoms with Crippen LogP contribution in [0, 0.1) is 6.92 Å². The van der Waals surface area contributed by atoms with Gasteiger partial charge in [-0.05, 0) is 42.3 Å². The normalized spacial score (nSPS) is 17.7. The van der Waals surface area contributed by atoms with Crippen molar-refractivity contribution in [2.45, 2.75) is 37.6 Å². The first-order chi connectivity index (χ1) is 10.7. The number of halogens is 1. The van der Waals surface area contributed by atoms with Gasteiger partial charge in [-0.25, -0.2) is 8.42 Å². The zero-order valence-electron chi connectivity index (χ0n) is 13.5. The van der Waals surface area contributed by atoms with E-state index in [2.05, 4.69) is 13.8 Å². The summed E-state index contributed by atoms with van der Waals surface area (Å²) in [6.45, 7) is 6.88. The van der Waals surface area contributed by atoms with Crippen molar-refractivity contribution in [3.8, 4) is 0 Å². The van der Waals surface area contributed by atoms with Crippen molar-refractivity contribution in [3.63, 3.8) is 0 Å². The third-order valence-corrected chi connectivity index (χ3v) is 6.42. The minimum absolute atomic E-state index is 0.281. The first-order valence-corrected chi connectivity index (χ1v) is 9.38. The van der Waals surface area contributed by atoms with E-state index in [1.165, 1.54) is 0 Å². The second-order valence-corrected chi connectivity index (χ2v) is 9.15. The van der Waals surface area contributed by atoms with Gasteiger partial charge in [0.1, 0.15) is 0 Å². The van der Waals surface area contributed by atoms with Gasteiger partial charge in [-0.3, -0.25) is 0 Å². The van der Waals surface area contributed by atoms with Gasteiger partial charge >= 0.3 is 0 Å². The van der Waals surface area contributed by atoms with Crippen LogP contribution in [0.4, 0.5) is 0 Å². The molecule has 0 fully saturated rings. The molecule has 0 unspecified atom stereocenters. The van der Waals surface area contributed by atoms with Crippen LogP contribution in [0.25, 0.3) is 0 Å². The average molecular weight is 350 g/mol. The molecule has 3 nitrogen and oxygen atoms in total. The van der Waals surface area contributed by atoms with Crippen molar-refractivity contribution in [3.05, 3.63) is 64.2 Å². The summed E-state index contributed by atoms with van der Waals surface area (Å²) >= 11 is 6.11. The molecule has 5 heteroatoms. The van der Waals surface area contributed by atoms with E-state index in [0.717, 1.165) is 16.7 Å². The molecule has 0 atom stereocenters. The third kappa shape index (κ3) is 3.03. The number of aryl methyl sites for hydroxylation is 1. The van der Waals surface area contributed by atoms with Gasteiger partial charge in [-0.15, -0.1) is 0 Å². The van der Waals surface area contributed by atoms with Crippen molar-refractivity contribution in [1.82, 2.24) is 4.31 Å². The van der Waals surface area contributed by atoms with Crippen molar-refractivity contribution in [1.29, 1.82) is 0 Å². The molecule has 1 heterocycles. The Morgan fingerprint density at radius 1 is 1.09 bits per heavy atom. The van der Waals surface area contributed by atoms with Crippen molar-refractivity contribution >= 4 is 21.6 Å². The highest BCUT2D eigenvalue weighted by atomic mass is 35.5. The van der Waals surface area contributed by atoms with Gasteiger partial charge in [-0.1, -0.05) is 49.2 Å². The van der Waals surface area contributed by atoms with Crippen molar-refractivity contribution in [2.75, 3.05) is 6.54 Å². The maximum Gasteiger partial charge on any atom is 0.243 e. The summed E-state index contributed by atoms with van der Waals surface area (Å²) < 4.78 is 27.5. The molecular formula is C18H20ClNO2S. The minimum Gasteiger partial charge on any atom is -0.207 e. The molecule has 3 rings (SSSR count). The van der Waals surface area contributed by atoms with Gasteiger partial charge in [0.2, 0.25) is 10.0 Å². The van der Waals surface area contributed by atoms with E-state index in [4.69, 9.17) is 11.6 Å². The predicted molar refractivity (Wildman–Crippen MR) is 93.3 cm³/mol. The Labute approximate surface area is 142 Å². The molecule has 2 aromatic carbocycles. The van der Waals surface area contributed by atoms with Crippen LogP contribution in [0.1, 0.15) is 30.5 Å². The molecule has 1 aliphatic rings. The van der Waals surface area contributed by atoms with Crippen molar-refractivity contribution < 1.29 is 8.42 Å². The van der Waals surface area contributed by atoms with Crippen LogP contribution in [0.3, 0.4) is 0 Å².